The number of hydrogen-bond donors (Lipinski definition) is 2. The predicted molar refractivity (Wildman–Crippen MR) is 77.8 cm³/mol. The Morgan fingerprint density at radius 1 is 1.55 bits per heavy atom. The van der Waals surface area contributed by atoms with Crippen molar-refractivity contribution >= 4 is 11.5 Å². The van der Waals surface area contributed by atoms with Crippen LogP contribution >= 0.6 is 0 Å². The summed E-state index contributed by atoms with van der Waals surface area (Å²) in [7, 11) is 4.06. The van der Waals surface area contributed by atoms with Gasteiger partial charge in [0.25, 0.3) is 0 Å². The third-order valence-corrected chi connectivity index (χ3v) is 3.87. The molecule has 0 amide bonds. The highest BCUT2D eigenvalue weighted by Crippen LogP contribution is 2.25. The molecule has 1 heterocycles. The summed E-state index contributed by atoms with van der Waals surface area (Å²) in [4.78, 5) is 4.36. The maximum absolute atomic E-state index is 13.4. The first-order valence-corrected chi connectivity index (χ1v) is 6.71. The number of nitrogens with zero attached hydrogens (tertiary/aromatic N) is 3. The molecule has 0 spiro atoms. The highest BCUT2D eigenvalue weighted by atomic mass is 19.1. The van der Waals surface area contributed by atoms with Gasteiger partial charge in [0.2, 0.25) is 0 Å². The van der Waals surface area contributed by atoms with Crippen LogP contribution in [0.4, 0.5) is 10.1 Å². The van der Waals surface area contributed by atoms with Crippen molar-refractivity contribution in [2.45, 2.75) is 18.9 Å². The predicted octanol–water partition coefficient (Wildman–Crippen LogP) is 1.45. The van der Waals surface area contributed by atoms with E-state index < -0.39 is 5.82 Å². The van der Waals surface area contributed by atoms with Crippen LogP contribution in [0.5, 0.6) is 0 Å². The highest BCUT2D eigenvalue weighted by Gasteiger charge is 2.23. The molecule has 1 unspecified atom stereocenters. The van der Waals surface area contributed by atoms with Crippen LogP contribution in [0, 0.1) is 5.82 Å². The number of anilines is 1. The molecule has 0 saturated carbocycles. The molecule has 20 heavy (non-hydrogen) atoms. The lowest BCUT2D eigenvalue weighted by molar-refractivity contribution is 0.248. The summed E-state index contributed by atoms with van der Waals surface area (Å²) in [5.41, 5.74) is 6.85. The van der Waals surface area contributed by atoms with Crippen molar-refractivity contribution in [3.8, 4) is 0 Å². The lowest BCUT2D eigenvalue weighted by Crippen LogP contribution is -2.45. The van der Waals surface area contributed by atoms with Crippen LogP contribution in [-0.2, 0) is 0 Å². The molecule has 1 aliphatic heterocycles. The van der Waals surface area contributed by atoms with Crippen LogP contribution in [0.3, 0.4) is 0 Å². The van der Waals surface area contributed by atoms with E-state index >= 15 is 0 Å². The standard InChI is InChI=1S/C14H21FN4O/c1-18-7-3-4-11(9-18)19(2)13-6-5-10(15)8-12(13)14(16)17-20/h5-6,8,11,20H,3-4,7,9H2,1-2H3,(H2,16,17). The van der Waals surface area contributed by atoms with Crippen molar-refractivity contribution in [3.05, 3.63) is 29.6 Å². The van der Waals surface area contributed by atoms with Gasteiger partial charge in [-0.15, -0.1) is 0 Å². The Hall–Kier alpha value is -1.82. The molecule has 0 radical (unpaired) electrons. The highest BCUT2D eigenvalue weighted by molar-refractivity contribution is 6.02. The number of nitrogens with two attached hydrogens (primary N) is 1. The molecule has 3 N–H and O–H groups in total. The van der Waals surface area contributed by atoms with E-state index in [1.807, 2.05) is 7.05 Å². The molecule has 0 aliphatic carbocycles. The van der Waals surface area contributed by atoms with E-state index in [4.69, 9.17) is 10.9 Å². The number of likely N-dealkylation sites (tertiary alicyclic amines) is 1. The van der Waals surface area contributed by atoms with Crippen molar-refractivity contribution in [1.82, 2.24) is 4.90 Å². The first-order chi connectivity index (χ1) is 9.52. The summed E-state index contributed by atoms with van der Waals surface area (Å²) >= 11 is 0. The molecule has 1 aromatic carbocycles. The van der Waals surface area contributed by atoms with Crippen LogP contribution in [0.1, 0.15) is 18.4 Å². The quantitative estimate of drug-likeness (QED) is 0.381. The number of amidine groups is 1. The monoisotopic (exact) mass is 280 g/mol. The van der Waals surface area contributed by atoms with Crippen LogP contribution in [0.2, 0.25) is 0 Å². The second-order valence-electron chi connectivity index (χ2n) is 5.32. The normalized spacial score (nSPS) is 20.9. The zero-order valence-electron chi connectivity index (χ0n) is 11.9. The fourth-order valence-corrected chi connectivity index (χ4v) is 2.73. The van der Waals surface area contributed by atoms with Gasteiger partial charge in [0.1, 0.15) is 5.82 Å². The van der Waals surface area contributed by atoms with Crippen molar-refractivity contribution < 1.29 is 9.60 Å². The van der Waals surface area contributed by atoms with Gasteiger partial charge in [-0.25, -0.2) is 4.39 Å². The molecule has 5 nitrogen and oxygen atoms in total. The fourth-order valence-electron chi connectivity index (χ4n) is 2.73. The summed E-state index contributed by atoms with van der Waals surface area (Å²) in [6.45, 7) is 2.05. The minimum absolute atomic E-state index is 0.0736. The summed E-state index contributed by atoms with van der Waals surface area (Å²) < 4.78 is 13.4. The van der Waals surface area contributed by atoms with Gasteiger partial charge in [-0.2, -0.15) is 0 Å². The lowest BCUT2D eigenvalue weighted by Gasteiger charge is -2.37. The third kappa shape index (κ3) is 3.01. The van der Waals surface area contributed by atoms with E-state index in [-0.39, 0.29) is 5.84 Å². The SMILES string of the molecule is CN1CCCC(N(C)c2ccc(F)cc2C(N)=NO)C1. The number of rotatable bonds is 3. The van der Waals surface area contributed by atoms with Gasteiger partial charge in [-0.3, -0.25) is 0 Å². The Morgan fingerprint density at radius 3 is 2.95 bits per heavy atom. The molecule has 110 valence electrons. The molecule has 0 aromatic heterocycles. The van der Waals surface area contributed by atoms with Crippen molar-refractivity contribution in [2.75, 3.05) is 32.1 Å². The first kappa shape index (κ1) is 14.6. The van der Waals surface area contributed by atoms with Crippen molar-refractivity contribution in [2.24, 2.45) is 10.9 Å². The summed E-state index contributed by atoms with van der Waals surface area (Å²) in [6.07, 6.45) is 2.21. The Morgan fingerprint density at radius 2 is 2.30 bits per heavy atom. The minimum atomic E-state index is -0.399. The average molecular weight is 280 g/mol. The smallest absolute Gasteiger partial charge is 0.172 e. The summed E-state index contributed by atoms with van der Waals surface area (Å²) in [5.74, 6) is -0.472. The lowest BCUT2D eigenvalue weighted by atomic mass is 10.0. The van der Waals surface area contributed by atoms with Crippen molar-refractivity contribution in [3.63, 3.8) is 0 Å². The van der Waals surface area contributed by atoms with Gasteiger partial charge in [0.15, 0.2) is 5.84 Å². The maximum atomic E-state index is 13.4. The zero-order valence-corrected chi connectivity index (χ0v) is 11.9. The molecule has 1 saturated heterocycles. The van der Waals surface area contributed by atoms with Gasteiger partial charge in [0.05, 0.1) is 0 Å². The topological polar surface area (TPSA) is 65.1 Å². The molecule has 1 atom stereocenters. The number of piperidine rings is 1. The van der Waals surface area contributed by atoms with E-state index in [0.29, 0.717) is 11.6 Å². The second-order valence-corrected chi connectivity index (χ2v) is 5.32. The average Bonchev–Trinajstić information content (AvgIpc) is 2.45. The van der Waals surface area contributed by atoms with Gasteiger partial charge in [0, 0.05) is 30.9 Å². The maximum Gasteiger partial charge on any atom is 0.172 e. The van der Waals surface area contributed by atoms with Crippen molar-refractivity contribution in [1.29, 1.82) is 0 Å². The Labute approximate surface area is 118 Å². The summed E-state index contributed by atoms with van der Waals surface area (Å²) in [5, 5.41) is 11.8. The molecule has 0 bridgehead atoms. The molecule has 1 aromatic rings. The fraction of sp³-hybridized carbons (Fsp3) is 0.500. The Bertz CT molecular complexity index is 506. The number of benzene rings is 1. The number of halogens is 1. The molecule has 6 heteroatoms. The summed E-state index contributed by atoms with van der Waals surface area (Å²) in [6, 6.07) is 4.71. The van der Waals surface area contributed by atoms with Gasteiger partial charge in [-0.05, 0) is 44.6 Å². The van der Waals surface area contributed by atoms with Gasteiger partial charge in [-0.1, -0.05) is 5.16 Å². The molecule has 1 aliphatic rings. The van der Waals surface area contributed by atoms with Crippen LogP contribution in [0.25, 0.3) is 0 Å². The third-order valence-electron chi connectivity index (χ3n) is 3.87. The van der Waals surface area contributed by atoms with Crippen LogP contribution < -0.4 is 10.6 Å². The molecular weight excluding hydrogens is 259 g/mol. The first-order valence-electron chi connectivity index (χ1n) is 6.71. The van der Waals surface area contributed by atoms with E-state index in [1.54, 1.807) is 6.07 Å². The van der Waals surface area contributed by atoms with E-state index in [0.717, 1.165) is 31.6 Å². The molecule has 2 rings (SSSR count). The number of likely N-dealkylation sites (N-methyl/N-ethyl adjacent to an activating group) is 2. The van der Waals surface area contributed by atoms with E-state index in [2.05, 4.69) is 22.0 Å². The van der Waals surface area contributed by atoms with Gasteiger partial charge >= 0.3 is 0 Å². The number of oxime groups is 1. The number of hydrogen-bond acceptors (Lipinski definition) is 4. The minimum Gasteiger partial charge on any atom is -0.409 e. The molecule has 1 fully saturated rings. The Kier molecular flexibility index (Phi) is 4.44. The second kappa shape index (κ2) is 6.09. The zero-order chi connectivity index (χ0) is 14.7. The Balaban J connectivity index is 2.31. The van der Waals surface area contributed by atoms with E-state index in [1.165, 1.54) is 12.1 Å². The van der Waals surface area contributed by atoms with E-state index in [9.17, 15) is 4.39 Å². The largest absolute Gasteiger partial charge is 0.409 e. The van der Waals surface area contributed by atoms with Crippen LogP contribution in [0.15, 0.2) is 23.4 Å². The van der Waals surface area contributed by atoms with Gasteiger partial charge < -0.3 is 20.7 Å². The van der Waals surface area contributed by atoms with Crippen LogP contribution in [-0.4, -0.2) is 49.2 Å². The molecular formula is C14H21FN4O.